The topological polar surface area (TPSA) is 56.5 Å². The van der Waals surface area contributed by atoms with Crippen molar-refractivity contribution in [1.82, 2.24) is 0 Å². The number of nitrogens with one attached hydrogen (secondary N) is 1. The van der Waals surface area contributed by atoms with Gasteiger partial charge in [0.15, 0.2) is 11.5 Å². The molecule has 6 heteroatoms. The molecule has 0 fully saturated rings. The van der Waals surface area contributed by atoms with Gasteiger partial charge in [-0.25, -0.2) is 4.39 Å². The van der Waals surface area contributed by atoms with Gasteiger partial charge in [0, 0.05) is 17.8 Å². The van der Waals surface area contributed by atoms with Gasteiger partial charge in [0.05, 0.1) is 0 Å². The molecule has 21 heavy (non-hydrogen) atoms. The van der Waals surface area contributed by atoms with Gasteiger partial charge in [-0.2, -0.15) is 0 Å². The largest absolute Gasteiger partial charge is 0.454 e. The average Bonchev–Trinajstić information content (AvgIpc) is 2.93. The second kappa shape index (κ2) is 5.57. The van der Waals surface area contributed by atoms with E-state index in [-0.39, 0.29) is 17.6 Å². The molecule has 0 radical (unpaired) electrons. The number of benzene rings is 2. The van der Waals surface area contributed by atoms with Gasteiger partial charge in [-0.15, -0.1) is 0 Å². The Morgan fingerprint density at radius 3 is 2.81 bits per heavy atom. The van der Waals surface area contributed by atoms with Crippen LogP contribution in [0.5, 0.6) is 11.5 Å². The molecule has 1 aliphatic rings. The normalized spacial score (nSPS) is 12.2. The first kappa shape index (κ1) is 13.6. The van der Waals surface area contributed by atoms with E-state index in [0.717, 1.165) is 17.1 Å². The standard InChI is InChI=1S/C15H13FN2O2S/c16-10-2-3-12(11(6-10)15(17)21)18-7-9-1-4-13-14(5-9)20-8-19-13/h1-6,18H,7-8H2,(H2,17,21). The zero-order chi connectivity index (χ0) is 14.8. The Bertz CT molecular complexity index is 706. The molecule has 0 saturated heterocycles. The predicted octanol–water partition coefficient (Wildman–Crippen LogP) is 2.80. The summed E-state index contributed by atoms with van der Waals surface area (Å²) in [5, 5.41) is 3.20. The van der Waals surface area contributed by atoms with Crippen molar-refractivity contribution in [3.8, 4) is 11.5 Å². The number of hydrogen-bond acceptors (Lipinski definition) is 4. The first-order valence-corrected chi connectivity index (χ1v) is 6.76. The van der Waals surface area contributed by atoms with Crippen molar-refractivity contribution in [1.29, 1.82) is 0 Å². The highest BCUT2D eigenvalue weighted by Gasteiger charge is 2.13. The van der Waals surface area contributed by atoms with Crippen molar-refractivity contribution >= 4 is 22.9 Å². The van der Waals surface area contributed by atoms with Crippen LogP contribution in [0.1, 0.15) is 11.1 Å². The monoisotopic (exact) mass is 304 g/mol. The van der Waals surface area contributed by atoms with Crippen molar-refractivity contribution in [3.63, 3.8) is 0 Å². The number of thiocarbonyl (C=S) groups is 1. The van der Waals surface area contributed by atoms with Crippen LogP contribution in [0.25, 0.3) is 0 Å². The van der Waals surface area contributed by atoms with Crippen LogP contribution in [-0.2, 0) is 6.54 Å². The van der Waals surface area contributed by atoms with Gasteiger partial charge in [-0.3, -0.25) is 0 Å². The highest BCUT2D eigenvalue weighted by Crippen LogP contribution is 2.32. The summed E-state index contributed by atoms with van der Waals surface area (Å²) in [7, 11) is 0. The van der Waals surface area contributed by atoms with E-state index in [0.29, 0.717) is 17.8 Å². The molecule has 2 aromatic carbocycles. The maximum Gasteiger partial charge on any atom is 0.231 e. The molecule has 0 aliphatic carbocycles. The fourth-order valence-electron chi connectivity index (χ4n) is 2.12. The van der Waals surface area contributed by atoms with Gasteiger partial charge in [-0.05, 0) is 35.9 Å². The molecule has 0 unspecified atom stereocenters. The molecule has 1 heterocycles. The Hall–Kier alpha value is -2.34. The summed E-state index contributed by atoms with van der Waals surface area (Å²) < 4.78 is 23.8. The third-order valence-corrected chi connectivity index (χ3v) is 3.39. The molecule has 2 aromatic rings. The van der Waals surface area contributed by atoms with Gasteiger partial charge < -0.3 is 20.5 Å². The van der Waals surface area contributed by atoms with Crippen LogP contribution < -0.4 is 20.5 Å². The molecule has 0 spiro atoms. The molecule has 1 aliphatic heterocycles. The lowest BCUT2D eigenvalue weighted by Gasteiger charge is -2.11. The summed E-state index contributed by atoms with van der Waals surface area (Å²) in [6.07, 6.45) is 0. The lowest BCUT2D eigenvalue weighted by molar-refractivity contribution is 0.174. The van der Waals surface area contributed by atoms with Crippen molar-refractivity contribution in [2.75, 3.05) is 12.1 Å². The predicted molar refractivity (Wildman–Crippen MR) is 82.2 cm³/mol. The minimum atomic E-state index is -0.369. The third-order valence-electron chi connectivity index (χ3n) is 3.17. The molecule has 0 aromatic heterocycles. The fraction of sp³-hybridized carbons (Fsp3) is 0.133. The number of rotatable bonds is 4. The number of ether oxygens (including phenoxy) is 2. The molecular formula is C15H13FN2O2S. The zero-order valence-electron chi connectivity index (χ0n) is 11.1. The van der Waals surface area contributed by atoms with Crippen LogP contribution in [0.4, 0.5) is 10.1 Å². The quantitative estimate of drug-likeness (QED) is 0.851. The maximum absolute atomic E-state index is 13.2. The van der Waals surface area contributed by atoms with E-state index in [1.54, 1.807) is 6.07 Å². The summed E-state index contributed by atoms with van der Waals surface area (Å²) in [4.78, 5) is 0.155. The number of fused-ring (bicyclic) bond motifs is 1. The lowest BCUT2D eigenvalue weighted by Crippen LogP contribution is -2.13. The van der Waals surface area contributed by atoms with E-state index in [2.05, 4.69) is 5.32 Å². The molecule has 0 amide bonds. The fourth-order valence-corrected chi connectivity index (χ4v) is 2.29. The van der Waals surface area contributed by atoms with Crippen LogP contribution in [0.2, 0.25) is 0 Å². The average molecular weight is 304 g/mol. The molecular weight excluding hydrogens is 291 g/mol. The molecule has 0 atom stereocenters. The van der Waals surface area contributed by atoms with Gasteiger partial charge in [-0.1, -0.05) is 18.3 Å². The minimum absolute atomic E-state index is 0.155. The van der Waals surface area contributed by atoms with E-state index in [1.807, 2.05) is 18.2 Å². The number of nitrogens with two attached hydrogens (primary N) is 1. The van der Waals surface area contributed by atoms with E-state index in [9.17, 15) is 4.39 Å². The zero-order valence-corrected chi connectivity index (χ0v) is 11.9. The molecule has 108 valence electrons. The van der Waals surface area contributed by atoms with Crippen molar-refractivity contribution in [2.24, 2.45) is 5.73 Å². The highest BCUT2D eigenvalue weighted by molar-refractivity contribution is 7.80. The van der Waals surface area contributed by atoms with E-state index in [1.165, 1.54) is 12.1 Å². The van der Waals surface area contributed by atoms with E-state index in [4.69, 9.17) is 27.4 Å². The van der Waals surface area contributed by atoms with Gasteiger partial charge in [0.2, 0.25) is 6.79 Å². The van der Waals surface area contributed by atoms with Crippen molar-refractivity contribution < 1.29 is 13.9 Å². The van der Waals surface area contributed by atoms with Crippen LogP contribution in [0.3, 0.4) is 0 Å². The van der Waals surface area contributed by atoms with Gasteiger partial charge >= 0.3 is 0 Å². The second-order valence-corrected chi connectivity index (χ2v) is 5.04. The van der Waals surface area contributed by atoms with Crippen molar-refractivity contribution in [2.45, 2.75) is 6.54 Å². The SMILES string of the molecule is NC(=S)c1cc(F)ccc1NCc1ccc2c(c1)OCO2. The minimum Gasteiger partial charge on any atom is -0.454 e. The summed E-state index contributed by atoms with van der Waals surface area (Å²) in [6.45, 7) is 0.785. The molecule has 0 bridgehead atoms. The lowest BCUT2D eigenvalue weighted by atomic mass is 10.1. The molecule has 3 rings (SSSR count). The Kier molecular flexibility index (Phi) is 3.62. The Morgan fingerprint density at radius 2 is 2.00 bits per heavy atom. The molecule has 4 nitrogen and oxygen atoms in total. The highest BCUT2D eigenvalue weighted by atomic mass is 32.1. The smallest absolute Gasteiger partial charge is 0.231 e. The number of halogens is 1. The summed E-state index contributed by atoms with van der Waals surface area (Å²) in [6, 6.07) is 10.0. The second-order valence-electron chi connectivity index (χ2n) is 4.60. The summed E-state index contributed by atoms with van der Waals surface area (Å²) in [5.74, 6) is 1.10. The maximum atomic E-state index is 13.2. The Morgan fingerprint density at radius 1 is 1.19 bits per heavy atom. The first-order valence-electron chi connectivity index (χ1n) is 6.35. The van der Waals surface area contributed by atoms with Gasteiger partial charge in [0.25, 0.3) is 0 Å². The number of hydrogen-bond donors (Lipinski definition) is 2. The van der Waals surface area contributed by atoms with Gasteiger partial charge in [0.1, 0.15) is 10.8 Å². The Labute approximate surface area is 126 Å². The van der Waals surface area contributed by atoms with Crippen LogP contribution >= 0.6 is 12.2 Å². The molecule has 3 N–H and O–H groups in total. The summed E-state index contributed by atoms with van der Waals surface area (Å²) >= 11 is 4.94. The Balaban J connectivity index is 1.77. The van der Waals surface area contributed by atoms with Crippen LogP contribution in [0.15, 0.2) is 36.4 Å². The van der Waals surface area contributed by atoms with E-state index < -0.39 is 0 Å². The number of anilines is 1. The van der Waals surface area contributed by atoms with E-state index >= 15 is 0 Å². The van der Waals surface area contributed by atoms with Crippen molar-refractivity contribution in [3.05, 3.63) is 53.3 Å². The first-order chi connectivity index (χ1) is 10.1. The molecule has 0 saturated carbocycles. The van der Waals surface area contributed by atoms with Crippen LogP contribution in [0, 0.1) is 5.82 Å². The van der Waals surface area contributed by atoms with Crippen LogP contribution in [-0.4, -0.2) is 11.8 Å². The third kappa shape index (κ3) is 2.90. The summed E-state index contributed by atoms with van der Waals surface area (Å²) in [5.41, 5.74) is 7.81.